The van der Waals surface area contributed by atoms with E-state index < -0.39 is 16.4 Å². The van der Waals surface area contributed by atoms with Gasteiger partial charge in [0.05, 0.1) is 17.3 Å². The Morgan fingerprint density at radius 3 is 2.80 bits per heavy atom. The van der Waals surface area contributed by atoms with E-state index in [2.05, 4.69) is 20.3 Å². The third-order valence-corrected chi connectivity index (χ3v) is 5.06. The molecule has 8 nitrogen and oxygen atoms in total. The summed E-state index contributed by atoms with van der Waals surface area (Å²) in [5, 5.41) is 21.4. The van der Waals surface area contributed by atoms with E-state index in [0.717, 1.165) is 0 Å². The number of aromatic nitrogens is 3. The summed E-state index contributed by atoms with van der Waals surface area (Å²) >= 11 is 0. The van der Waals surface area contributed by atoms with Gasteiger partial charge < -0.3 is 10.4 Å². The summed E-state index contributed by atoms with van der Waals surface area (Å²) < 4.78 is 24.0. The van der Waals surface area contributed by atoms with Crippen LogP contribution >= 0.6 is 0 Å². The molecular weight excluding hydrogens is 342 g/mol. The Morgan fingerprint density at radius 1 is 1.20 bits per heavy atom. The van der Waals surface area contributed by atoms with E-state index in [1.165, 1.54) is 12.1 Å². The highest BCUT2D eigenvalue weighted by atomic mass is 32.2. The largest absolute Gasteiger partial charge is 0.395 e. The Hall–Kier alpha value is -3.09. The van der Waals surface area contributed by atoms with E-state index in [0.29, 0.717) is 16.7 Å². The SMILES string of the molecule is N#Cc1ccc2cnc(Nc3cccc(S(=O)(=O)CCO)c3)nc2n1. The lowest BCUT2D eigenvalue weighted by Crippen LogP contribution is -2.10. The zero-order valence-corrected chi connectivity index (χ0v) is 13.7. The highest BCUT2D eigenvalue weighted by Gasteiger charge is 2.14. The molecule has 0 atom stereocenters. The summed E-state index contributed by atoms with van der Waals surface area (Å²) in [5.41, 5.74) is 1.09. The molecular formula is C16H13N5O3S. The Bertz CT molecular complexity index is 1080. The third-order valence-electron chi connectivity index (χ3n) is 3.37. The summed E-state index contributed by atoms with van der Waals surface area (Å²) in [6, 6.07) is 11.4. The molecule has 0 bridgehead atoms. The highest BCUT2D eigenvalue weighted by Crippen LogP contribution is 2.20. The minimum Gasteiger partial charge on any atom is -0.395 e. The van der Waals surface area contributed by atoms with E-state index in [1.807, 2.05) is 6.07 Å². The first-order valence-corrected chi connectivity index (χ1v) is 8.92. The van der Waals surface area contributed by atoms with Gasteiger partial charge in [0.15, 0.2) is 15.5 Å². The number of nitrogens with one attached hydrogen (secondary N) is 1. The van der Waals surface area contributed by atoms with E-state index in [4.69, 9.17) is 10.4 Å². The van der Waals surface area contributed by atoms with Crippen LogP contribution in [-0.2, 0) is 9.84 Å². The molecule has 0 saturated heterocycles. The van der Waals surface area contributed by atoms with Gasteiger partial charge >= 0.3 is 0 Å². The number of hydrogen-bond acceptors (Lipinski definition) is 8. The second-order valence-electron chi connectivity index (χ2n) is 5.11. The first kappa shape index (κ1) is 16.8. The Kier molecular flexibility index (Phi) is 4.56. The number of pyridine rings is 1. The molecule has 2 aromatic heterocycles. The van der Waals surface area contributed by atoms with Gasteiger partial charge in [-0.25, -0.2) is 18.4 Å². The minimum atomic E-state index is -3.55. The highest BCUT2D eigenvalue weighted by molar-refractivity contribution is 7.91. The summed E-state index contributed by atoms with van der Waals surface area (Å²) in [4.78, 5) is 12.6. The number of nitriles is 1. The lowest BCUT2D eigenvalue weighted by Gasteiger charge is -2.08. The molecule has 1 aromatic carbocycles. The molecule has 3 aromatic rings. The van der Waals surface area contributed by atoms with Crippen molar-refractivity contribution in [3.05, 3.63) is 48.3 Å². The molecule has 2 N–H and O–H groups in total. The fraction of sp³-hybridized carbons (Fsp3) is 0.125. The molecule has 3 rings (SSSR count). The molecule has 0 fully saturated rings. The van der Waals surface area contributed by atoms with Gasteiger partial charge in [0, 0.05) is 17.3 Å². The number of hydrogen-bond donors (Lipinski definition) is 2. The topological polar surface area (TPSA) is 129 Å². The molecule has 0 saturated carbocycles. The number of aliphatic hydroxyl groups excluding tert-OH is 1. The fourth-order valence-electron chi connectivity index (χ4n) is 2.17. The smallest absolute Gasteiger partial charge is 0.229 e. The standard InChI is InChI=1S/C16H13N5O3S/c17-9-13-5-4-11-10-18-16(21-15(11)19-13)20-12-2-1-3-14(8-12)25(23,24)7-6-22/h1-5,8,10,22H,6-7H2,(H,18,19,20,21). The van der Waals surface area contributed by atoms with Crippen molar-refractivity contribution in [2.24, 2.45) is 0 Å². The Balaban J connectivity index is 1.92. The van der Waals surface area contributed by atoms with Gasteiger partial charge in [0.1, 0.15) is 11.8 Å². The summed E-state index contributed by atoms with van der Waals surface area (Å²) in [5.74, 6) is -0.115. The van der Waals surface area contributed by atoms with Gasteiger partial charge in [-0.3, -0.25) is 0 Å². The van der Waals surface area contributed by atoms with Crippen LogP contribution in [0.15, 0.2) is 47.5 Å². The Labute approximate surface area is 143 Å². The monoisotopic (exact) mass is 355 g/mol. The predicted molar refractivity (Wildman–Crippen MR) is 90.9 cm³/mol. The average Bonchev–Trinajstić information content (AvgIpc) is 2.61. The number of fused-ring (bicyclic) bond motifs is 1. The van der Waals surface area contributed by atoms with Crippen LogP contribution in [0, 0.1) is 11.3 Å². The molecule has 0 aliphatic carbocycles. The van der Waals surface area contributed by atoms with Crippen molar-refractivity contribution in [3.63, 3.8) is 0 Å². The summed E-state index contributed by atoms with van der Waals surface area (Å²) in [6.07, 6.45) is 1.56. The van der Waals surface area contributed by atoms with E-state index in [9.17, 15) is 8.42 Å². The van der Waals surface area contributed by atoms with Crippen LogP contribution in [0.3, 0.4) is 0 Å². The summed E-state index contributed by atoms with van der Waals surface area (Å²) in [6.45, 7) is -0.444. The molecule has 25 heavy (non-hydrogen) atoms. The van der Waals surface area contributed by atoms with Gasteiger partial charge in [-0.1, -0.05) is 6.07 Å². The maximum atomic E-state index is 12.0. The zero-order valence-electron chi connectivity index (χ0n) is 12.9. The van der Waals surface area contributed by atoms with Crippen molar-refractivity contribution < 1.29 is 13.5 Å². The normalized spacial score (nSPS) is 11.2. The number of nitrogens with zero attached hydrogens (tertiary/aromatic N) is 4. The van der Waals surface area contributed by atoms with E-state index in [-0.39, 0.29) is 22.3 Å². The molecule has 0 radical (unpaired) electrons. The van der Waals surface area contributed by atoms with Crippen molar-refractivity contribution in [1.82, 2.24) is 15.0 Å². The lowest BCUT2D eigenvalue weighted by atomic mass is 10.3. The second kappa shape index (κ2) is 6.80. The molecule has 0 aliphatic heterocycles. The van der Waals surface area contributed by atoms with Gasteiger partial charge in [-0.2, -0.15) is 10.2 Å². The first-order chi connectivity index (χ1) is 12.0. The molecule has 2 heterocycles. The van der Waals surface area contributed by atoms with Crippen molar-refractivity contribution in [1.29, 1.82) is 5.26 Å². The second-order valence-corrected chi connectivity index (χ2v) is 7.22. The molecule has 0 spiro atoms. The number of rotatable bonds is 5. The van der Waals surface area contributed by atoms with Crippen LogP contribution < -0.4 is 5.32 Å². The van der Waals surface area contributed by atoms with Gasteiger partial charge in [-0.15, -0.1) is 0 Å². The van der Waals surface area contributed by atoms with Crippen LogP contribution in [-0.4, -0.2) is 40.8 Å². The van der Waals surface area contributed by atoms with Crippen LogP contribution in [0.5, 0.6) is 0 Å². The van der Waals surface area contributed by atoms with Gasteiger partial charge in [-0.05, 0) is 30.3 Å². The number of benzene rings is 1. The van der Waals surface area contributed by atoms with E-state index in [1.54, 1.807) is 30.5 Å². The van der Waals surface area contributed by atoms with Crippen molar-refractivity contribution in [3.8, 4) is 6.07 Å². The van der Waals surface area contributed by atoms with E-state index >= 15 is 0 Å². The first-order valence-electron chi connectivity index (χ1n) is 7.26. The summed E-state index contributed by atoms with van der Waals surface area (Å²) in [7, 11) is -3.55. The van der Waals surface area contributed by atoms with Crippen molar-refractivity contribution in [2.75, 3.05) is 17.7 Å². The van der Waals surface area contributed by atoms with Gasteiger partial charge in [0.25, 0.3) is 0 Å². The molecule has 126 valence electrons. The van der Waals surface area contributed by atoms with Crippen LogP contribution in [0.25, 0.3) is 11.0 Å². The van der Waals surface area contributed by atoms with Crippen LogP contribution in [0.4, 0.5) is 11.6 Å². The number of aliphatic hydroxyl groups is 1. The maximum absolute atomic E-state index is 12.0. The zero-order chi connectivity index (χ0) is 17.9. The van der Waals surface area contributed by atoms with Crippen molar-refractivity contribution in [2.45, 2.75) is 4.90 Å². The van der Waals surface area contributed by atoms with Crippen LogP contribution in [0.2, 0.25) is 0 Å². The lowest BCUT2D eigenvalue weighted by molar-refractivity contribution is 0.319. The predicted octanol–water partition coefficient (Wildman–Crippen LogP) is 1.41. The number of anilines is 2. The molecule has 0 aliphatic rings. The minimum absolute atomic E-state index is 0.0947. The fourth-order valence-corrected chi connectivity index (χ4v) is 3.23. The molecule has 0 unspecified atom stereocenters. The van der Waals surface area contributed by atoms with Crippen molar-refractivity contribution >= 4 is 32.5 Å². The average molecular weight is 355 g/mol. The molecule has 9 heteroatoms. The maximum Gasteiger partial charge on any atom is 0.229 e. The van der Waals surface area contributed by atoms with Crippen LogP contribution in [0.1, 0.15) is 5.69 Å². The third kappa shape index (κ3) is 3.71. The molecule has 0 amide bonds. The number of sulfone groups is 1. The van der Waals surface area contributed by atoms with Gasteiger partial charge in [0.2, 0.25) is 5.95 Å². The quantitative estimate of drug-likeness (QED) is 0.703. The Morgan fingerprint density at radius 2 is 2.04 bits per heavy atom.